The van der Waals surface area contributed by atoms with Crippen LogP contribution in [0.3, 0.4) is 0 Å². The van der Waals surface area contributed by atoms with Crippen LogP contribution in [0.4, 0.5) is 13.2 Å². The number of hydrogen-bond donors (Lipinski definition) is 1. The molecule has 0 aliphatic rings. The van der Waals surface area contributed by atoms with E-state index in [1.54, 1.807) is 27.7 Å². The summed E-state index contributed by atoms with van der Waals surface area (Å²) < 4.78 is 36.5. The molecule has 0 bridgehead atoms. The Balaban J connectivity index is 4.61. The zero-order chi connectivity index (χ0) is 10.9. The zero-order valence-electron chi connectivity index (χ0n) is 8.44. The second-order valence-electron chi connectivity index (χ2n) is 4.37. The zero-order valence-corrected chi connectivity index (χ0v) is 8.44. The van der Waals surface area contributed by atoms with Gasteiger partial charge < -0.3 is 5.11 Å². The van der Waals surface area contributed by atoms with Gasteiger partial charge in [-0.25, -0.2) is 0 Å². The number of alkyl halides is 3. The Labute approximate surface area is 76.9 Å². The molecule has 0 aromatic rings. The average Bonchev–Trinajstić information content (AvgIpc) is 1.83. The molecule has 2 atom stereocenters. The molecule has 1 nitrogen and oxygen atoms in total. The molecule has 0 rings (SSSR count). The fourth-order valence-electron chi connectivity index (χ4n) is 1.54. The second kappa shape index (κ2) is 3.86. The highest BCUT2D eigenvalue weighted by Gasteiger charge is 2.46. The van der Waals surface area contributed by atoms with Crippen molar-refractivity contribution in [3.63, 3.8) is 0 Å². The van der Waals surface area contributed by atoms with Crippen LogP contribution >= 0.6 is 0 Å². The maximum absolute atomic E-state index is 12.2. The monoisotopic (exact) mass is 198 g/mol. The van der Waals surface area contributed by atoms with E-state index in [1.165, 1.54) is 0 Å². The van der Waals surface area contributed by atoms with E-state index in [0.29, 0.717) is 6.42 Å². The fourth-order valence-corrected chi connectivity index (χ4v) is 1.54. The van der Waals surface area contributed by atoms with Gasteiger partial charge >= 0.3 is 6.18 Å². The Morgan fingerprint density at radius 3 is 1.62 bits per heavy atom. The molecule has 13 heavy (non-hydrogen) atoms. The van der Waals surface area contributed by atoms with Crippen molar-refractivity contribution in [1.29, 1.82) is 0 Å². The predicted octanol–water partition coefficient (Wildman–Crippen LogP) is 2.98. The Hall–Kier alpha value is -0.250. The molecular formula is C9H17F3O. The maximum Gasteiger partial charge on any atom is 0.414 e. The maximum atomic E-state index is 12.2. The van der Waals surface area contributed by atoms with Crippen molar-refractivity contribution in [3.8, 4) is 0 Å². The number of aliphatic hydroxyl groups excluding tert-OH is 1. The third kappa shape index (κ3) is 3.55. The van der Waals surface area contributed by atoms with Crippen molar-refractivity contribution >= 4 is 0 Å². The van der Waals surface area contributed by atoms with Crippen LogP contribution in [0.15, 0.2) is 0 Å². The average molecular weight is 198 g/mol. The number of aliphatic hydroxyl groups is 1. The molecule has 0 heterocycles. The van der Waals surface area contributed by atoms with Gasteiger partial charge in [-0.2, -0.15) is 13.2 Å². The van der Waals surface area contributed by atoms with Crippen molar-refractivity contribution in [2.45, 2.75) is 46.4 Å². The molecule has 1 N–H and O–H groups in total. The molecule has 0 spiro atoms. The molecule has 0 saturated heterocycles. The lowest BCUT2D eigenvalue weighted by atomic mass is 9.75. The summed E-state index contributed by atoms with van der Waals surface area (Å²) in [6.07, 6.45) is -6.39. The van der Waals surface area contributed by atoms with E-state index in [-0.39, 0.29) is 0 Å². The molecule has 0 aromatic carbocycles. The predicted molar refractivity (Wildman–Crippen MR) is 45.3 cm³/mol. The van der Waals surface area contributed by atoms with Crippen molar-refractivity contribution < 1.29 is 18.3 Å². The van der Waals surface area contributed by atoms with Crippen molar-refractivity contribution in [3.05, 3.63) is 0 Å². The lowest BCUT2D eigenvalue weighted by Crippen LogP contribution is -2.41. The standard InChI is InChI=1S/C9H17F3O/c1-5-6(8(2,3)4)7(13)9(10,11)12/h6-7,13H,5H2,1-4H3/t6-,7?/m0/s1. The van der Waals surface area contributed by atoms with E-state index in [9.17, 15) is 13.2 Å². The first kappa shape index (κ1) is 12.8. The van der Waals surface area contributed by atoms with Crippen LogP contribution < -0.4 is 0 Å². The van der Waals surface area contributed by atoms with Gasteiger partial charge in [-0.3, -0.25) is 0 Å². The van der Waals surface area contributed by atoms with E-state index in [0.717, 1.165) is 0 Å². The highest BCUT2D eigenvalue weighted by molar-refractivity contribution is 4.83. The highest BCUT2D eigenvalue weighted by Crippen LogP contribution is 2.37. The summed E-state index contributed by atoms with van der Waals surface area (Å²) in [5, 5.41) is 9.06. The normalized spacial score (nSPS) is 18.5. The van der Waals surface area contributed by atoms with Gasteiger partial charge in [0.25, 0.3) is 0 Å². The van der Waals surface area contributed by atoms with Crippen molar-refractivity contribution in [2.75, 3.05) is 0 Å². The Morgan fingerprint density at radius 2 is 1.54 bits per heavy atom. The van der Waals surface area contributed by atoms with Crippen LogP contribution in [0.5, 0.6) is 0 Å². The van der Waals surface area contributed by atoms with Gasteiger partial charge in [0.15, 0.2) is 6.10 Å². The van der Waals surface area contributed by atoms with Gasteiger partial charge in [-0.1, -0.05) is 27.7 Å². The molecule has 0 saturated carbocycles. The molecule has 0 aliphatic carbocycles. The van der Waals surface area contributed by atoms with Crippen molar-refractivity contribution in [1.82, 2.24) is 0 Å². The third-order valence-electron chi connectivity index (χ3n) is 2.27. The van der Waals surface area contributed by atoms with Gasteiger partial charge in [-0.15, -0.1) is 0 Å². The van der Waals surface area contributed by atoms with Crippen LogP contribution in [0, 0.1) is 11.3 Å². The summed E-state index contributed by atoms with van der Waals surface area (Å²) in [4.78, 5) is 0. The minimum absolute atomic E-state index is 0.324. The number of hydrogen-bond acceptors (Lipinski definition) is 1. The van der Waals surface area contributed by atoms with E-state index in [1.807, 2.05) is 0 Å². The molecular weight excluding hydrogens is 181 g/mol. The lowest BCUT2D eigenvalue weighted by molar-refractivity contribution is -0.229. The fraction of sp³-hybridized carbons (Fsp3) is 1.00. The number of rotatable bonds is 2. The molecule has 0 aliphatic heterocycles. The van der Waals surface area contributed by atoms with E-state index >= 15 is 0 Å². The molecule has 4 heteroatoms. The first-order valence-electron chi connectivity index (χ1n) is 4.35. The first-order valence-corrected chi connectivity index (χ1v) is 4.35. The topological polar surface area (TPSA) is 20.2 Å². The van der Waals surface area contributed by atoms with Gasteiger partial charge in [0.1, 0.15) is 0 Å². The number of halogens is 3. The smallest absolute Gasteiger partial charge is 0.383 e. The second-order valence-corrected chi connectivity index (χ2v) is 4.37. The van der Waals surface area contributed by atoms with Crippen LogP contribution in [-0.4, -0.2) is 17.4 Å². The summed E-state index contributed by atoms with van der Waals surface area (Å²) in [6.45, 7) is 6.77. The molecule has 80 valence electrons. The van der Waals surface area contributed by atoms with E-state index in [4.69, 9.17) is 5.11 Å². The minimum atomic E-state index is -4.51. The summed E-state index contributed by atoms with van der Waals surface area (Å²) in [5.74, 6) is -0.743. The molecule has 0 radical (unpaired) electrons. The minimum Gasteiger partial charge on any atom is -0.383 e. The van der Waals surface area contributed by atoms with E-state index in [2.05, 4.69) is 0 Å². The summed E-state index contributed by atoms with van der Waals surface area (Å²) in [7, 11) is 0. The van der Waals surface area contributed by atoms with Crippen molar-refractivity contribution in [2.24, 2.45) is 11.3 Å². The Morgan fingerprint density at radius 1 is 1.15 bits per heavy atom. The molecule has 0 fully saturated rings. The summed E-state index contributed by atoms with van der Waals surface area (Å²) >= 11 is 0. The van der Waals surface area contributed by atoms with Gasteiger partial charge in [0, 0.05) is 0 Å². The quantitative estimate of drug-likeness (QED) is 0.723. The van der Waals surface area contributed by atoms with Gasteiger partial charge in [0.2, 0.25) is 0 Å². The molecule has 0 aromatic heterocycles. The van der Waals surface area contributed by atoms with Crippen LogP contribution in [0.25, 0.3) is 0 Å². The molecule has 1 unspecified atom stereocenters. The van der Waals surface area contributed by atoms with Gasteiger partial charge in [0.05, 0.1) is 0 Å². The SMILES string of the molecule is CC[C@@H](C(O)C(F)(F)F)C(C)(C)C. The van der Waals surface area contributed by atoms with E-state index < -0.39 is 23.6 Å². The van der Waals surface area contributed by atoms with Crippen LogP contribution in [0.2, 0.25) is 0 Å². The lowest BCUT2D eigenvalue weighted by Gasteiger charge is -2.34. The largest absolute Gasteiger partial charge is 0.414 e. The van der Waals surface area contributed by atoms with Gasteiger partial charge in [-0.05, 0) is 17.8 Å². The highest BCUT2D eigenvalue weighted by atomic mass is 19.4. The Kier molecular flexibility index (Phi) is 3.79. The summed E-state index contributed by atoms with van der Waals surface area (Å²) in [6, 6.07) is 0. The summed E-state index contributed by atoms with van der Waals surface area (Å²) in [5.41, 5.74) is -0.524. The molecule has 0 amide bonds. The van der Waals surface area contributed by atoms with Crippen LogP contribution in [-0.2, 0) is 0 Å². The first-order chi connectivity index (χ1) is 5.60. The third-order valence-corrected chi connectivity index (χ3v) is 2.27. The Bertz CT molecular complexity index is 157. The van der Waals surface area contributed by atoms with Crippen LogP contribution in [0.1, 0.15) is 34.1 Å².